The van der Waals surface area contributed by atoms with Gasteiger partial charge in [0.2, 0.25) is 0 Å². The highest BCUT2D eigenvalue weighted by atomic mass is 35.5. The fourth-order valence-electron chi connectivity index (χ4n) is 2.21. The average Bonchev–Trinajstić information content (AvgIpc) is 2.51. The summed E-state index contributed by atoms with van der Waals surface area (Å²) in [6, 6.07) is 0.505. The fourth-order valence-corrected chi connectivity index (χ4v) is 2.58. The standard InChI is InChI=1S/C9H17ClN4/c10-7-3-13-4-8(12)9(7)14-2-1-6(11)5-14/h3,6,8-9,13H,1-2,4-5,11-12H2/t6-,8?,9?/m1/s1. The van der Waals surface area contributed by atoms with Gasteiger partial charge in [0.25, 0.3) is 0 Å². The van der Waals surface area contributed by atoms with Gasteiger partial charge < -0.3 is 16.8 Å². The van der Waals surface area contributed by atoms with Crippen LogP contribution in [0, 0.1) is 0 Å². The molecule has 14 heavy (non-hydrogen) atoms. The van der Waals surface area contributed by atoms with Gasteiger partial charge in [0, 0.05) is 37.9 Å². The lowest BCUT2D eigenvalue weighted by molar-refractivity contribution is 0.236. The van der Waals surface area contributed by atoms with Crippen LogP contribution in [0.5, 0.6) is 0 Å². The van der Waals surface area contributed by atoms with Crippen LogP contribution in [0.1, 0.15) is 6.42 Å². The van der Waals surface area contributed by atoms with Crippen LogP contribution in [0.3, 0.4) is 0 Å². The number of nitrogens with one attached hydrogen (secondary N) is 1. The number of likely N-dealkylation sites (tertiary alicyclic amines) is 1. The molecule has 0 spiro atoms. The molecule has 0 saturated carbocycles. The van der Waals surface area contributed by atoms with Crippen molar-refractivity contribution in [1.29, 1.82) is 0 Å². The molecule has 1 saturated heterocycles. The van der Waals surface area contributed by atoms with E-state index in [9.17, 15) is 0 Å². The lowest BCUT2D eigenvalue weighted by Crippen LogP contribution is -2.54. The van der Waals surface area contributed by atoms with Crippen molar-refractivity contribution in [2.24, 2.45) is 11.5 Å². The van der Waals surface area contributed by atoms with Crippen molar-refractivity contribution in [1.82, 2.24) is 10.2 Å². The van der Waals surface area contributed by atoms with Gasteiger partial charge >= 0.3 is 0 Å². The normalized spacial score (nSPS) is 39.4. The zero-order valence-electron chi connectivity index (χ0n) is 8.12. The smallest absolute Gasteiger partial charge is 0.0639 e. The molecule has 2 aliphatic rings. The van der Waals surface area contributed by atoms with Crippen molar-refractivity contribution >= 4 is 11.6 Å². The molecule has 80 valence electrons. The highest BCUT2D eigenvalue weighted by Crippen LogP contribution is 2.23. The predicted octanol–water partition coefficient (Wildman–Crippen LogP) is -0.601. The number of hydrogen-bond donors (Lipinski definition) is 3. The second-order valence-electron chi connectivity index (χ2n) is 4.09. The number of hydrogen-bond acceptors (Lipinski definition) is 4. The summed E-state index contributed by atoms with van der Waals surface area (Å²) in [6.07, 6.45) is 2.89. The molecule has 2 unspecified atom stereocenters. The van der Waals surface area contributed by atoms with E-state index in [-0.39, 0.29) is 18.1 Å². The van der Waals surface area contributed by atoms with Crippen molar-refractivity contribution in [2.75, 3.05) is 19.6 Å². The summed E-state index contributed by atoms with van der Waals surface area (Å²) in [4.78, 5) is 2.29. The molecule has 0 radical (unpaired) electrons. The molecule has 2 heterocycles. The van der Waals surface area contributed by atoms with Gasteiger partial charge in [-0.3, -0.25) is 4.90 Å². The first-order valence-electron chi connectivity index (χ1n) is 5.02. The molecule has 0 aromatic heterocycles. The average molecular weight is 217 g/mol. The molecular weight excluding hydrogens is 200 g/mol. The van der Waals surface area contributed by atoms with Crippen molar-refractivity contribution in [3.05, 3.63) is 11.2 Å². The minimum atomic E-state index is 0.0674. The van der Waals surface area contributed by atoms with Crippen LogP contribution in [-0.4, -0.2) is 42.7 Å². The molecule has 2 aliphatic heterocycles. The van der Waals surface area contributed by atoms with E-state index in [0.29, 0.717) is 0 Å². The van der Waals surface area contributed by atoms with Gasteiger partial charge in [0.15, 0.2) is 0 Å². The Kier molecular flexibility index (Phi) is 2.97. The summed E-state index contributed by atoms with van der Waals surface area (Å²) >= 11 is 6.14. The third-order valence-electron chi connectivity index (χ3n) is 2.93. The second-order valence-corrected chi connectivity index (χ2v) is 4.53. The van der Waals surface area contributed by atoms with Crippen LogP contribution in [-0.2, 0) is 0 Å². The minimum Gasteiger partial charge on any atom is -0.388 e. The molecule has 1 fully saturated rings. The van der Waals surface area contributed by atoms with E-state index in [1.54, 1.807) is 0 Å². The van der Waals surface area contributed by atoms with Gasteiger partial charge in [-0.1, -0.05) is 11.6 Å². The van der Waals surface area contributed by atoms with Gasteiger partial charge in [-0.15, -0.1) is 0 Å². The van der Waals surface area contributed by atoms with Crippen LogP contribution in [0.25, 0.3) is 0 Å². The quantitative estimate of drug-likeness (QED) is 0.548. The van der Waals surface area contributed by atoms with E-state index in [1.807, 2.05) is 6.20 Å². The summed E-state index contributed by atoms with van der Waals surface area (Å²) in [5, 5.41) is 3.88. The van der Waals surface area contributed by atoms with Crippen molar-refractivity contribution in [3.8, 4) is 0 Å². The van der Waals surface area contributed by atoms with Gasteiger partial charge in [-0.25, -0.2) is 0 Å². The monoisotopic (exact) mass is 216 g/mol. The third-order valence-corrected chi connectivity index (χ3v) is 3.26. The molecule has 5 N–H and O–H groups in total. The van der Waals surface area contributed by atoms with Gasteiger partial charge in [-0.05, 0) is 6.42 Å². The molecule has 5 heteroatoms. The van der Waals surface area contributed by atoms with E-state index in [2.05, 4.69) is 10.2 Å². The predicted molar refractivity (Wildman–Crippen MR) is 57.9 cm³/mol. The first-order chi connectivity index (χ1) is 6.68. The summed E-state index contributed by atoms with van der Waals surface area (Å²) in [6.45, 7) is 2.69. The number of rotatable bonds is 1. The van der Waals surface area contributed by atoms with Crippen molar-refractivity contribution in [2.45, 2.75) is 24.5 Å². The lowest BCUT2D eigenvalue weighted by atomic mass is 10.1. The summed E-state index contributed by atoms with van der Waals surface area (Å²) in [7, 11) is 0. The Labute approximate surface area is 89.3 Å². The van der Waals surface area contributed by atoms with Crippen LogP contribution >= 0.6 is 11.6 Å². The Balaban J connectivity index is 2.07. The Hall–Kier alpha value is -0.290. The maximum absolute atomic E-state index is 6.14. The Bertz CT molecular complexity index is 243. The third kappa shape index (κ3) is 1.88. The van der Waals surface area contributed by atoms with Gasteiger partial charge in [-0.2, -0.15) is 0 Å². The minimum absolute atomic E-state index is 0.0674. The topological polar surface area (TPSA) is 67.3 Å². The number of nitrogens with two attached hydrogens (primary N) is 2. The Morgan fingerprint density at radius 1 is 1.50 bits per heavy atom. The summed E-state index contributed by atoms with van der Waals surface area (Å²) in [5.41, 5.74) is 11.9. The van der Waals surface area contributed by atoms with E-state index in [0.717, 1.165) is 31.1 Å². The molecule has 3 atom stereocenters. The van der Waals surface area contributed by atoms with E-state index in [4.69, 9.17) is 23.1 Å². The number of nitrogens with zero attached hydrogens (tertiary/aromatic N) is 1. The van der Waals surface area contributed by atoms with Crippen LogP contribution in [0.2, 0.25) is 0 Å². The van der Waals surface area contributed by atoms with Gasteiger partial charge in [0.05, 0.1) is 11.1 Å². The zero-order chi connectivity index (χ0) is 10.1. The zero-order valence-corrected chi connectivity index (χ0v) is 8.87. The van der Waals surface area contributed by atoms with E-state index < -0.39 is 0 Å². The maximum atomic E-state index is 6.14. The molecule has 4 nitrogen and oxygen atoms in total. The van der Waals surface area contributed by atoms with Gasteiger partial charge in [0.1, 0.15) is 0 Å². The molecule has 0 aromatic rings. The second kappa shape index (κ2) is 4.06. The van der Waals surface area contributed by atoms with E-state index >= 15 is 0 Å². The molecule has 0 bridgehead atoms. The fraction of sp³-hybridized carbons (Fsp3) is 0.778. The molecule has 2 rings (SSSR count). The largest absolute Gasteiger partial charge is 0.388 e. The Morgan fingerprint density at radius 2 is 2.29 bits per heavy atom. The lowest BCUT2D eigenvalue weighted by Gasteiger charge is -2.35. The van der Waals surface area contributed by atoms with E-state index in [1.165, 1.54) is 0 Å². The van der Waals surface area contributed by atoms with Crippen LogP contribution < -0.4 is 16.8 Å². The highest BCUT2D eigenvalue weighted by Gasteiger charge is 2.33. The van der Waals surface area contributed by atoms with Crippen molar-refractivity contribution < 1.29 is 0 Å². The first-order valence-corrected chi connectivity index (χ1v) is 5.40. The summed E-state index contributed by atoms with van der Waals surface area (Å²) in [5.74, 6) is 0. The molecule has 0 amide bonds. The molecule has 0 aliphatic carbocycles. The highest BCUT2D eigenvalue weighted by molar-refractivity contribution is 6.30. The number of halogens is 1. The van der Waals surface area contributed by atoms with Crippen LogP contribution in [0.4, 0.5) is 0 Å². The maximum Gasteiger partial charge on any atom is 0.0639 e. The molecular formula is C9H17ClN4. The SMILES string of the molecule is NC1CNC=C(Cl)C1N1CC[C@@H](N)C1. The van der Waals surface area contributed by atoms with Crippen molar-refractivity contribution in [3.63, 3.8) is 0 Å². The first kappa shape index (κ1) is 10.2. The van der Waals surface area contributed by atoms with Crippen LogP contribution in [0.15, 0.2) is 11.2 Å². The Morgan fingerprint density at radius 3 is 2.86 bits per heavy atom. The summed E-state index contributed by atoms with van der Waals surface area (Å²) < 4.78 is 0. The molecule has 0 aromatic carbocycles.